The maximum atomic E-state index is 11.6. The van der Waals surface area contributed by atoms with E-state index < -0.39 is 18.0 Å². The van der Waals surface area contributed by atoms with Crippen molar-refractivity contribution in [3.63, 3.8) is 0 Å². The molecule has 1 aromatic heterocycles. The first kappa shape index (κ1) is 17.0. The largest absolute Gasteiger partial charge is 0.480 e. The number of imidazole rings is 1. The van der Waals surface area contributed by atoms with Crippen LogP contribution in [0.25, 0.3) is 0 Å². The van der Waals surface area contributed by atoms with E-state index in [2.05, 4.69) is 20.6 Å². The Morgan fingerprint density at radius 3 is 2.81 bits per heavy atom. The Kier molecular flexibility index (Phi) is 7.24. The van der Waals surface area contributed by atoms with Gasteiger partial charge in [-0.1, -0.05) is 13.8 Å². The normalized spacial score (nSPS) is 12.1. The Bertz CT molecular complexity index is 433. The number of ether oxygens (including phenoxy) is 1. The van der Waals surface area contributed by atoms with Crippen LogP contribution < -0.4 is 10.6 Å². The van der Waals surface area contributed by atoms with E-state index in [9.17, 15) is 9.59 Å². The molecule has 0 bridgehead atoms. The molecule has 0 saturated carbocycles. The summed E-state index contributed by atoms with van der Waals surface area (Å²) >= 11 is 0. The summed E-state index contributed by atoms with van der Waals surface area (Å²) < 4.78 is 5.31. The highest BCUT2D eigenvalue weighted by molar-refractivity contribution is 5.82. The number of rotatable bonds is 9. The summed E-state index contributed by atoms with van der Waals surface area (Å²) in [6.07, 6.45) is 3.13. The van der Waals surface area contributed by atoms with Crippen molar-refractivity contribution in [1.29, 1.82) is 0 Å². The number of aliphatic carboxylic acids is 1. The zero-order chi connectivity index (χ0) is 15.7. The number of nitrogens with zero attached hydrogens (tertiary/aromatic N) is 1. The topological polar surface area (TPSA) is 116 Å². The van der Waals surface area contributed by atoms with E-state index in [0.29, 0.717) is 31.4 Å². The van der Waals surface area contributed by atoms with Gasteiger partial charge in [0, 0.05) is 31.5 Å². The minimum atomic E-state index is -1.10. The lowest BCUT2D eigenvalue weighted by Crippen LogP contribution is -2.47. The molecule has 1 heterocycles. The lowest BCUT2D eigenvalue weighted by atomic mass is 10.2. The van der Waals surface area contributed by atoms with Crippen LogP contribution in [0.2, 0.25) is 0 Å². The first-order valence-electron chi connectivity index (χ1n) is 6.81. The van der Waals surface area contributed by atoms with Crippen LogP contribution in [-0.2, 0) is 16.0 Å². The lowest BCUT2D eigenvalue weighted by Gasteiger charge is -2.14. The van der Waals surface area contributed by atoms with Crippen molar-refractivity contribution in [3.05, 3.63) is 18.2 Å². The molecule has 0 spiro atoms. The number of urea groups is 1. The standard InChI is InChI=1S/C13H22N4O4/c1-9(2)7-21-4-3-15-13(20)17-11(12(18)19)5-10-6-14-8-16-10/h6,8-9,11H,3-5,7H2,1-2H3,(H,14,16)(H,18,19)(H2,15,17,20)/t11-/m0/s1. The number of carbonyl (C=O) groups excluding carboxylic acids is 1. The van der Waals surface area contributed by atoms with Crippen LogP contribution in [0.3, 0.4) is 0 Å². The lowest BCUT2D eigenvalue weighted by molar-refractivity contribution is -0.139. The van der Waals surface area contributed by atoms with E-state index in [0.717, 1.165) is 0 Å². The molecule has 21 heavy (non-hydrogen) atoms. The number of carboxylic acids is 1. The van der Waals surface area contributed by atoms with Crippen LogP contribution in [0.4, 0.5) is 4.79 Å². The second kappa shape index (κ2) is 8.96. The van der Waals surface area contributed by atoms with Crippen molar-refractivity contribution < 1.29 is 19.4 Å². The van der Waals surface area contributed by atoms with Crippen molar-refractivity contribution in [2.45, 2.75) is 26.3 Å². The first-order valence-corrected chi connectivity index (χ1v) is 6.81. The van der Waals surface area contributed by atoms with Crippen LogP contribution in [0.1, 0.15) is 19.5 Å². The Hall–Kier alpha value is -2.09. The van der Waals surface area contributed by atoms with E-state index in [1.165, 1.54) is 12.5 Å². The van der Waals surface area contributed by atoms with Crippen molar-refractivity contribution in [1.82, 2.24) is 20.6 Å². The number of aromatic nitrogens is 2. The zero-order valence-corrected chi connectivity index (χ0v) is 12.3. The van der Waals surface area contributed by atoms with Gasteiger partial charge in [-0.3, -0.25) is 0 Å². The molecule has 1 atom stereocenters. The molecule has 0 unspecified atom stereocenters. The number of hydrogen-bond acceptors (Lipinski definition) is 4. The van der Waals surface area contributed by atoms with Gasteiger partial charge in [0.05, 0.1) is 12.9 Å². The third kappa shape index (κ3) is 7.31. The fourth-order valence-electron chi connectivity index (χ4n) is 1.58. The Morgan fingerprint density at radius 1 is 1.48 bits per heavy atom. The monoisotopic (exact) mass is 298 g/mol. The van der Waals surface area contributed by atoms with E-state index in [-0.39, 0.29) is 6.42 Å². The highest BCUT2D eigenvalue weighted by Gasteiger charge is 2.20. The molecule has 0 aliphatic carbocycles. The summed E-state index contributed by atoms with van der Waals surface area (Å²) in [6.45, 7) is 5.42. The van der Waals surface area contributed by atoms with Gasteiger partial charge in [0.25, 0.3) is 0 Å². The molecule has 0 radical (unpaired) electrons. The average molecular weight is 298 g/mol. The number of H-pyrrole nitrogens is 1. The summed E-state index contributed by atoms with van der Waals surface area (Å²) in [5.74, 6) is -0.666. The third-order valence-electron chi connectivity index (χ3n) is 2.57. The summed E-state index contributed by atoms with van der Waals surface area (Å²) in [7, 11) is 0. The molecule has 2 amide bonds. The Balaban J connectivity index is 2.27. The smallest absolute Gasteiger partial charge is 0.326 e. The number of nitrogens with one attached hydrogen (secondary N) is 3. The Labute approximate surface area is 123 Å². The number of amides is 2. The van der Waals surface area contributed by atoms with Crippen LogP contribution in [0.5, 0.6) is 0 Å². The molecule has 0 aromatic carbocycles. The minimum Gasteiger partial charge on any atom is -0.480 e. The number of carboxylic acid groups (broad SMARTS) is 1. The molecule has 1 rings (SSSR count). The maximum absolute atomic E-state index is 11.6. The highest BCUT2D eigenvalue weighted by Crippen LogP contribution is 1.98. The second-order valence-electron chi connectivity index (χ2n) is 5.04. The van der Waals surface area contributed by atoms with Gasteiger partial charge in [-0.2, -0.15) is 0 Å². The Morgan fingerprint density at radius 2 is 2.24 bits per heavy atom. The van der Waals surface area contributed by atoms with Gasteiger partial charge in [-0.25, -0.2) is 14.6 Å². The van der Waals surface area contributed by atoms with E-state index in [1.807, 2.05) is 13.8 Å². The van der Waals surface area contributed by atoms with Crippen LogP contribution >= 0.6 is 0 Å². The van der Waals surface area contributed by atoms with Gasteiger partial charge in [-0.15, -0.1) is 0 Å². The SMILES string of the molecule is CC(C)COCCNC(=O)N[C@@H](Cc1cnc[nH]1)C(=O)O. The maximum Gasteiger partial charge on any atom is 0.326 e. The van der Waals surface area contributed by atoms with Gasteiger partial charge >= 0.3 is 12.0 Å². The van der Waals surface area contributed by atoms with Crippen LogP contribution in [0, 0.1) is 5.92 Å². The summed E-state index contributed by atoms with van der Waals surface area (Å²) in [6, 6.07) is -1.54. The summed E-state index contributed by atoms with van der Waals surface area (Å²) in [5, 5.41) is 14.0. The quantitative estimate of drug-likeness (QED) is 0.492. The summed E-state index contributed by atoms with van der Waals surface area (Å²) in [4.78, 5) is 29.3. The molecule has 0 saturated heterocycles. The van der Waals surface area contributed by atoms with Gasteiger partial charge in [0.1, 0.15) is 6.04 Å². The van der Waals surface area contributed by atoms with Crippen molar-refractivity contribution in [3.8, 4) is 0 Å². The van der Waals surface area contributed by atoms with Gasteiger partial charge in [0.15, 0.2) is 0 Å². The molecule has 1 aromatic rings. The molecule has 8 nitrogen and oxygen atoms in total. The number of hydrogen-bond donors (Lipinski definition) is 4. The zero-order valence-electron chi connectivity index (χ0n) is 12.3. The fourth-order valence-corrected chi connectivity index (χ4v) is 1.58. The number of aromatic amines is 1. The van der Waals surface area contributed by atoms with Crippen molar-refractivity contribution >= 4 is 12.0 Å². The van der Waals surface area contributed by atoms with Gasteiger partial charge in [-0.05, 0) is 5.92 Å². The number of carbonyl (C=O) groups is 2. The third-order valence-corrected chi connectivity index (χ3v) is 2.57. The molecular formula is C13H22N4O4. The fraction of sp³-hybridized carbons (Fsp3) is 0.615. The van der Waals surface area contributed by atoms with E-state index in [4.69, 9.17) is 9.84 Å². The molecule has 0 aliphatic heterocycles. The van der Waals surface area contributed by atoms with Crippen LogP contribution in [-0.4, -0.2) is 52.9 Å². The van der Waals surface area contributed by atoms with E-state index >= 15 is 0 Å². The predicted octanol–water partition coefficient (Wildman–Crippen LogP) is 0.377. The van der Waals surface area contributed by atoms with Gasteiger partial charge < -0.3 is 25.5 Å². The second-order valence-corrected chi connectivity index (χ2v) is 5.04. The molecule has 0 fully saturated rings. The molecule has 4 N–H and O–H groups in total. The first-order chi connectivity index (χ1) is 9.99. The predicted molar refractivity (Wildman–Crippen MR) is 75.9 cm³/mol. The molecule has 0 aliphatic rings. The summed E-state index contributed by atoms with van der Waals surface area (Å²) in [5.41, 5.74) is 0.642. The van der Waals surface area contributed by atoms with Crippen molar-refractivity contribution in [2.24, 2.45) is 5.92 Å². The highest BCUT2D eigenvalue weighted by atomic mass is 16.5. The molecular weight excluding hydrogens is 276 g/mol. The van der Waals surface area contributed by atoms with E-state index in [1.54, 1.807) is 0 Å². The minimum absolute atomic E-state index is 0.145. The average Bonchev–Trinajstić information content (AvgIpc) is 2.90. The molecule has 8 heteroatoms. The van der Waals surface area contributed by atoms with Gasteiger partial charge in [0.2, 0.25) is 0 Å². The molecule has 118 valence electrons. The van der Waals surface area contributed by atoms with Crippen LogP contribution in [0.15, 0.2) is 12.5 Å². The van der Waals surface area contributed by atoms with Crippen molar-refractivity contribution in [2.75, 3.05) is 19.8 Å².